The van der Waals surface area contributed by atoms with Gasteiger partial charge in [0, 0.05) is 17.9 Å². The zero-order valence-electron chi connectivity index (χ0n) is 16.1. The van der Waals surface area contributed by atoms with Crippen LogP contribution in [0.15, 0.2) is 36.4 Å². The highest BCUT2D eigenvalue weighted by Gasteiger charge is 2.34. The van der Waals surface area contributed by atoms with Gasteiger partial charge in [0.05, 0.1) is 11.1 Å². The zero-order chi connectivity index (χ0) is 23.2. The van der Waals surface area contributed by atoms with Crippen molar-refractivity contribution in [3.05, 3.63) is 70.3 Å². The summed E-state index contributed by atoms with van der Waals surface area (Å²) in [6.45, 7) is 0. The van der Waals surface area contributed by atoms with Gasteiger partial charge in [-0.25, -0.2) is 8.78 Å². The molecule has 0 aliphatic heterocycles. The summed E-state index contributed by atoms with van der Waals surface area (Å²) in [6.07, 6.45) is -2.16. The first-order chi connectivity index (χ1) is 14.5. The van der Waals surface area contributed by atoms with Crippen molar-refractivity contribution in [2.45, 2.75) is 31.9 Å². The predicted molar refractivity (Wildman–Crippen MR) is 102 cm³/mol. The molecule has 164 valence electrons. The standard InChI is InChI=1S/C14H13FO2.C8H5F4NO/c15-13-9-11(5-8-14(16)17)4-7-12(13)6-3-10-1-2-10;9-6-3-4(7(13)14)1-2-5(6)8(10,11)12/h4,7,9-10H,1-2,5,8H2,(H,16,17);1-3H,(H2,13,14). The van der Waals surface area contributed by atoms with Gasteiger partial charge in [0.2, 0.25) is 5.91 Å². The molecule has 0 aromatic heterocycles. The number of nitrogens with two attached hydrogens (primary N) is 1. The van der Waals surface area contributed by atoms with Crippen molar-refractivity contribution < 1.29 is 36.6 Å². The number of aryl methyl sites for hydroxylation is 1. The molecule has 1 aliphatic carbocycles. The molecule has 0 heterocycles. The molecule has 0 radical (unpaired) electrons. The lowest BCUT2D eigenvalue weighted by molar-refractivity contribution is -0.140. The number of hydrogen-bond donors (Lipinski definition) is 2. The number of benzene rings is 2. The second-order valence-corrected chi connectivity index (χ2v) is 6.81. The lowest BCUT2D eigenvalue weighted by atomic mass is 10.1. The van der Waals surface area contributed by atoms with E-state index in [1.54, 1.807) is 12.1 Å². The second-order valence-electron chi connectivity index (χ2n) is 6.81. The molecule has 31 heavy (non-hydrogen) atoms. The Balaban J connectivity index is 0.000000225. The van der Waals surface area contributed by atoms with Gasteiger partial charge >= 0.3 is 12.1 Å². The highest BCUT2D eigenvalue weighted by Crippen LogP contribution is 2.31. The van der Waals surface area contributed by atoms with Gasteiger partial charge < -0.3 is 10.8 Å². The third kappa shape index (κ3) is 7.74. The van der Waals surface area contributed by atoms with Crippen molar-refractivity contribution >= 4 is 11.9 Å². The molecule has 2 aromatic carbocycles. The van der Waals surface area contributed by atoms with E-state index in [4.69, 9.17) is 10.8 Å². The summed E-state index contributed by atoms with van der Waals surface area (Å²) in [6, 6.07) is 6.51. The molecule has 1 fully saturated rings. The molecule has 1 aliphatic rings. The molecule has 1 amide bonds. The van der Waals surface area contributed by atoms with E-state index in [-0.39, 0.29) is 17.8 Å². The molecular formula is C22H18F5NO3. The molecule has 2 aromatic rings. The van der Waals surface area contributed by atoms with Gasteiger partial charge in [-0.2, -0.15) is 13.2 Å². The number of halogens is 5. The lowest BCUT2D eigenvalue weighted by Crippen LogP contribution is -2.14. The Morgan fingerprint density at radius 1 is 1.06 bits per heavy atom. The van der Waals surface area contributed by atoms with Crippen LogP contribution < -0.4 is 5.73 Å². The van der Waals surface area contributed by atoms with Crippen molar-refractivity contribution in [3.8, 4) is 11.8 Å². The van der Waals surface area contributed by atoms with E-state index in [0.717, 1.165) is 18.9 Å². The smallest absolute Gasteiger partial charge is 0.419 e. The zero-order valence-corrected chi connectivity index (χ0v) is 16.1. The fourth-order valence-corrected chi connectivity index (χ4v) is 2.37. The van der Waals surface area contributed by atoms with Crippen LogP contribution >= 0.6 is 0 Å². The Bertz CT molecular complexity index is 1030. The van der Waals surface area contributed by atoms with Gasteiger partial charge in [-0.05, 0) is 55.2 Å². The number of primary amides is 1. The molecule has 0 atom stereocenters. The predicted octanol–water partition coefficient (Wildman–Crippen LogP) is 4.55. The molecular weight excluding hydrogens is 421 g/mol. The van der Waals surface area contributed by atoms with Crippen LogP contribution in [0.5, 0.6) is 0 Å². The lowest BCUT2D eigenvalue weighted by Gasteiger charge is -2.07. The van der Waals surface area contributed by atoms with Crippen LogP contribution in [0.4, 0.5) is 22.0 Å². The van der Waals surface area contributed by atoms with Gasteiger partial charge in [0.25, 0.3) is 0 Å². The Kier molecular flexibility index (Phi) is 7.75. The van der Waals surface area contributed by atoms with Crippen LogP contribution in [0.3, 0.4) is 0 Å². The van der Waals surface area contributed by atoms with Gasteiger partial charge in [-0.1, -0.05) is 17.9 Å². The van der Waals surface area contributed by atoms with E-state index >= 15 is 0 Å². The Morgan fingerprint density at radius 3 is 2.23 bits per heavy atom. The fourth-order valence-electron chi connectivity index (χ4n) is 2.37. The molecule has 9 heteroatoms. The molecule has 4 nitrogen and oxygen atoms in total. The normalized spacial score (nSPS) is 12.8. The Hall–Kier alpha value is -3.41. The summed E-state index contributed by atoms with van der Waals surface area (Å²) in [5.41, 5.74) is 4.14. The Morgan fingerprint density at radius 2 is 1.74 bits per heavy atom. The number of hydrogen-bond acceptors (Lipinski definition) is 2. The van der Waals surface area contributed by atoms with E-state index < -0.39 is 29.4 Å². The number of amides is 1. The number of carboxylic acids is 1. The first kappa shape index (κ1) is 23.9. The van der Waals surface area contributed by atoms with E-state index in [9.17, 15) is 31.5 Å². The number of aliphatic carboxylic acids is 1. The van der Waals surface area contributed by atoms with E-state index in [2.05, 4.69) is 11.8 Å². The van der Waals surface area contributed by atoms with Crippen molar-refractivity contribution in [2.75, 3.05) is 0 Å². The van der Waals surface area contributed by atoms with E-state index in [1.807, 2.05) is 0 Å². The third-order valence-corrected chi connectivity index (χ3v) is 4.21. The van der Waals surface area contributed by atoms with Crippen LogP contribution in [0.2, 0.25) is 0 Å². The minimum atomic E-state index is -4.76. The van der Waals surface area contributed by atoms with Crippen LogP contribution in [0.25, 0.3) is 0 Å². The van der Waals surface area contributed by atoms with Crippen molar-refractivity contribution in [1.82, 2.24) is 0 Å². The number of carboxylic acid groups (broad SMARTS) is 1. The monoisotopic (exact) mass is 439 g/mol. The number of rotatable bonds is 4. The molecule has 3 N–H and O–H groups in total. The minimum Gasteiger partial charge on any atom is -0.481 e. The molecule has 1 saturated carbocycles. The molecule has 0 unspecified atom stereocenters. The summed E-state index contributed by atoms with van der Waals surface area (Å²) in [7, 11) is 0. The largest absolute Gasteiger partial charge is 0.481 e. The van der Waals surface area contributed by atoms with Crippen molar-refractivity contribution in [1.29, 1.82) is 0 Å². The minimum absolute atomic E-state index is 0.0204. The van der Waals surface area contributed by atoms with Crippen molar-refractivity contribution in [3.63, 3.8) is 0 Å². The van der Waals surface area contributed by atoms with Gasteiger partial charge in [-0.15, -0.1) is 0 Å². The topological polar surface area (TPSA) is 80.4 Å². The number of alkyl halides is 3. The first-order valence-corrected chi connectivity index (χ1v) is 9.15. The summed E-state index contributed by atoms with van der Waals surface area (Å²) >= 11 is 0. The molecule has 3 rings (SSSR count). The first-order valence-electron chi connectivity index (χ1n) is 9.15. The number of carbonyl (C=O) groups excluding carboxylic acids is 1. The average molecular weight is 439 g/mol. The third-order valence-electron chi connectivity index (χ3n) is 4.21. The number of carbonyl (C=O) groups is 2. The van der Waals surface area contributed by atoms with Gasteiger partial charge in [-0.3, -0.25) is 9.59 Å². The van der Waals surface area contributed by atoms with Crippen LogP contribution in [0, 0.1) is 29.4 Å². The highest BCUT2D eigenvalue weighted by molar-refractivity contribution is 5.92. The summed E-state index contributed by atoms with van der Waals surface area (Å²) in [5, 5.41) is 8.53. The maximum Gasteiger partial charge on any atom is 0.419 e. The van der Waals surface area contributed by atoms with Gasteiger partial charge in [0.15, 0.2) is 0 Å². The summed E-state index contributed by atoms with van der Waals surface area (Å²) < 4.78 is 62.5. The molecule has 0 spiro atoms. The van der Waals surface area contributed by atoms with Crippen LogP contribution in [-0.4, -0.2) is 17.0 Å². The maximum atomic E-state index is 13.6. The maximum absolute atomic E-state index is 13.6. The SMILES string of the molecule is NC(=O)c1ccc(C(F)(F)F)c(F)c1.O=C(O)CCc1ccc(C#CC2CC2)c(F)c1. The molecule has 0 saturated heterocycles. The Labute approximate surface area is 174 Å². The summed E-state index contributed by atoms with van der Waals surface area (Å²) in [4.78, 5) is 20.9. The highest BCUT2D eigenvalue weighted by atomic mass is 19.4. The molecule has 0 bridgehead atoms. The van der Waals surface area contributed by atoms with Gasteiger partial charge in [0.1, 0.15) is 11.6 Å². The van der Waals surface area contributed by atoms with Crippen molar-refractivity contribution in [2.24, 2.45) is 11.7 Å². The fraction of sp³-hybridized carbons (Fsp3) is 0.273. The quantitative estimate of drug-likeness (QED) is 0.542. The van der Waals surface area contributed by atoms with Crippen LogP contribution in [0.1, 0.15) is 46.3 Å². The van der Waals surface area contributed by atoms with E-state index in [1.165, 1.54) is 6.07 Å². The average Bonchev–Trinajstić information content (AvgIpc) is 3.49. The second kappa shape index (κ2) is 10.1. The van der Waals surface area contributed by atoms with E-state index in [0.29, 0.717) is 35.6 Å². The summed E-state index contributed by atoms with van der Waals surface area (Å²) in [5.74, 6) is 2.56. The van der Waals surface area contributed by atoms with Crippen LogP contribution in [-0.2, 0) is 17.4 Å².